The fourth-order valence-corrected chi connectivity index (χ4v) is 3.40. The maximum Gasteiger partial charge on any atom is 0.227 e. The first-order valence-corrected chi connectivity index (χ1v) is 8.68. The van der Waals surface area contributed by atoms with Crippen LogP contribution in [0.4, 0.5) is 5.69 Å². The van der Waals surface area contributed by atoms with E-state index in [0.717, 1.165) is 22.4 Å². The molecule has 25 heavy (non-hydrogen) atoms. The molecule has 3 rings (SSSR count). The largest absolute Gasteiger partial charge is 0.349 e. The van der Waals surface area contributed by atoms with Gasteiger partial charge in [-0.05, 0) is 49.6 Å². The summed E-state index contributed by atoms with van der Waals surface area (Å²) in [4.78, 5) is 26.7. The molecule has 4 heteroatoms. The highest BCUT2D eigenvalue weighted by molar-refractivity contribution is 6.00. The van der Waals surface area contributed by atoms with Gasteiger partial charge in [0.15, 0.2) is 0 Å². The number of nitrogens with one attached hydrogen (secondary N) is 1. The minimum absolute atomic E-state index is 0.0116. The molecule has 0 radical (unpaired) electrons. The second-order valence-electron chi connectivity index (χ2n) is 6.89. The van der Waals surface area contributed by atoms with Crippen molar-refractivity contribution >= 4 is 17.5 Å². The lowest BCUT2D eigenvalue weighted by Crippen LogP contribution is -2.34. The standard InChI is InChI=1S/C21H24N2O2/c1-14-9-15(2)11-19(10-14)23-13-18(12-20(23)24)21(25)22-16(3)17-7-5-4-6-8-17/h4-11,16,18H,12-13H2,1-3H3,(H,22,25). The highest BCUT2D eigenvalue weighted by Crippen LogP contribution is 2.27. The number of carbonyl (C=O) groups excluding carboxylic acids is 2. The van der Waals surface area contributed by atoms with E-state index in [1.807, 2.05) is 63.2 Å². The fourth-order valence-electron chi connectivity index (χ4n) is 3.40. The summed E-state index contributed by atoms with van der Waals surface area (Å²) >= 11 is 0. The molecule has 0 bridgehead atoms. The molecule has 2 unspecified atom stereocenters. The van der Waals surface area contributed by atoms with Crippen molar-refractivity contribution in [1.82, 2.24) is 5.32 Å². The number of rotatable bonds is 4. The molecule has 1 saturated heterocycles. The summed E-state index contributed by atoms with van der Waals surface area (Å²) in [5.74, 6) is -0.353. The van der Waals surface area contributed by atoms with E-state index in [-0.39, 0.29) is 30.2 Å². The Hall–Kier alpha value is -2.62. The molecular formula is C21H24N2O2. The molecule has 1 fully saturated rings. The number of hydrogen-bond acceptors (Lipinski definition) is 2. The molecule has 0 saturated carbocycles. The maximum absolute atomic E-state index is 12.6. The molecular weight excluding hydrogens is 312 g/mol. The number of anilines is 1. The number of hydrogen-bond donors (Lipinski definition) is 1. The molecule has 1 aliphatic heterocycles. The number of benzene rings is 2. The predicted octanol–water partition coefficient (Wildman–Crippen LogP) is 3.53. The maximum atomic E-state index is 12.6. The minimum atomic E-state index is -0.306. The Labute approximate surface area is 148 Å². The van der Waals surface area contributed by atoms with E-state index in [1.165, 1.54) is 0 Å². The third-order valence-electron chi connectivity index (χ3n) is 4.67. The smallest absolute Gasteiger partial charge is 0.227 e. The van der Waals surface area contributed by atoms with Crippen LogP contribution in [0.1, 0.15) is 36.1 Å². The van der Waals surface area contributed by atoms with Gasteiger partial charge < -0.3 is 10.2 Å². The van der Waals surface area contributed by atoms with Gasteiger partial charge in [-0.25, -0.2) is 0 Å². The van der Waals surface area contributed by atoms with Crippen LogP contribution < -0.4 is 10.2 Å². The zero-order chi connectivity index (χ0) is 18.0. The Balaban J connectivity index is 1.68. The summed E-state index contributed by atoms with van der Waals surface area (Å²) in [6.07, 6.45) is 0.264. The van der Waals surface area contributed by atoms with Crippen molar-refractivity contribution in [2.24, 2.45) is 5.92 Å². The van der Waals surface area contributed by atoms with Gasteiger partial charge in [-0.1, -0.05) is 36.4 Å². The Bertz CT molecular complexity index is 765. The van der Waals surface area contributed by atoms with Crippen LogP contribution in [0.2, 0.25) is 0 Å². The fraction of sp³-hybridized carbons (Fsp3) is 0.333. The van der Waals surface area contributed by atoms with E-state index in [2.05, 4.69) is 11.4 Å². The van der Waals surface area contributed by atoms with Gasteiger partial charge >= 0.3 is 0 Å². The van der Waals surface area contributed by atoms with Crippen molar-refractivity contribution in [1.29, 1.82) is 0 Å². The third kappa shape index (κ3) is 3.90. The Morgan fingerprint density at radius 2 is 1.76 bits per heavy atom. The van der Waals surface area contributed by atoms with Crippen molar-refractivity contribution in [3.63, 3.8) is 0 Å². The Morgan fingerprint density at radius 1 is 1.12 bits per heavy atom. The molecule has 0 spiro atoms. The second-order valence-corrected chi connectivity index (χ2v) is 6.89. The molecule has 1 aliphatic rings. The molecule has 1 N–H and O–H groups in total. The van der Waals surface area contributed by atoms with Gasteiger partial charge in [-0.15, -0.1) is 0 Å². The van der Waals surface area contributed by atoms with Crippen LogP contribution in [0.3, 0.4) is 0 Å². The van der Waals surface area contributed by atoms with Crippen molar-refractivity contribution in [2.45, 2.75) is 33.2 Å². The molecule has 2 amide bonds. The van der Waals surface area contributed by atoms with Crippen LogP contribution in [-0.2, 0) is 9.59 Å². The lowest BCUT2D eigenvalue weighted by atomic mass is 10.1. The minimum Gasteiger partial charge on any atom is -0.349 e. The summed E-state index contributed by atoms with van der Waals surface area (Å²) in [5.41, 5.74) is 4.18. The quantitative estimate of drug-likeness (QED) is 0.928. The second kappa shape index (κ2) is 7.09. The van der Waals surface area contributed by atoms with Gasteiger partial charge in [0, 0.05) is 18.7 Å². The van der Waals surface area contributed by atoms with Crippen molar-refractivity contribution in [3.05, 3.63) is 65.2 Å². The molecule has 1 heterocycles. The van der Waals surface area contributed by atoms with E-state index in [0.29, 0.717) is 6.54 Å². The topological polar surface area (TPSA) is 49.4 Å². The lowest BCUT2D eigenvalue weighted by molar-refractivity contribution is -0.126. The average molecular weight is 336 g/mol. The number of carbonyl (C=O) groups is 2. The number of nitrogens with zero attached hydrogens (tertiary/aromatic N) is 1. The van der Waals surface area contributed by atoms with Gasteiger partial charge in [0.25, 0.3) is 0 Å². The van der Waals surface area contributed by atoms with E-state index in [1.54, 1.807) is 4.90 Å². The van der Waals surface area contributed by atoms with Gasteiger partial charge in [0.05, 0.1) is 12.0 Å². The summed E-state index contributed by atoms with van der Waals surface area (Å²) in [6.45, 7) is 6.44. The van der Waals surface area contributed by atoms with Crippen LogP contribution in [0.15, 0.2) is 48.5 Å². The van der Waals surface area contributed by atoms with Crippen molar-refractivity contribution in [3.8, 4) is 0 Å². The molecule has 2 atom stereocenters. The van der Waals surface area contributed by atoms with Gasteiger partial charge in [-0.3, -0.25) is 9.59 Å². The number of amides is 2. The first kappa shape index (κ1) is 17.2. The number of aryl methyl sites for hydroxylation is 2. The predicted molar refractivity (Wildman–Crippen MR) is 99.4 cm³/mol. The van der Waals surface area contributed by atoms with Crippen LogP contribution in [0, 0.1) is 19.8 Å². The zero-order valence-corrected chi connectivity index (χ0v) is 15.0. The molecule has 4 nitrogen and oxygen atoms in total. The monoisotopic (exact) mass is 336 g/mol. The van der Waals surface area contributed by atoms with Crippen molar-refractivity contribution in [2.75, 3.05) is 11.4 Å². The molecule has 0 aliphatic carbocycles. The highest BCUT2D eigenvalue weighted by Gasteiger charge is 2.35. The molecule has 2 aromatic carbocycles. The third-order valence-corrected chi connectivity index (χ3v) is 4.67. The highest BCUT2D eigenvalue weighted by atomic mass is 16.2. The molecule has 0 aromatic heterocycles. The Morgan fingerprint density at radius 3 is 2.40 bits per heavy atom. The van der Waals surface area contributed by atoms with E-state index in [4.69, 9.17) is 0 Å². The van der Waals surface area contributed by atoms with Crippen LogP contribution >= 0.6 is 0 Å². The average Bonchev–Trinajstić information content (AvgIpc) is 2.97. The summed E-state index contributed by atoms with van der Waals surface area (Å²) in [7, 11) is 0. The van der Waals surface area contributed by atoms with Gasteiger partial charge in [-0.2, -0.15) is 0 Å². The van der Waals surface area contributed by atoms with E-state index in [9.17, 15) is 9.59 Å². The summed E-state index contributed by atoms with van der Waals surface area (Å²) in [5, 5.41) is 3.04. The first-order valence-electron chi connectivity index (χ1n) is 8.68. The van der Waals surface area contributed by atoms with Crippen LogP contribution in [0.25, 0.3) is 0 Å². The molecule has 2 aromatic rings. The summed E-state index contributed by atoms with van der Waals surface area (Å²) in [6, 6.07) is 15.9. The van der Waals surface area contributed by atoms with Crippen LogP contribution in [0.5, 0.6) is 0 Å². The van der Waals surface area contributed by atoms with Gasteiger partial charge in [0.2, 0.25) is 11.8 Å². The normalized spacial score (nSPS) is 18.3. The van der Waals surface area contributed by atoms with Gasteiger partial charge in [0.1, 0.15) is 0 Å². The molecule has 130 valence electrons. The zero-order valence-electron chi connectivity index (χ0n) is 15.0. The first-order chi connectivity index (χ1) is 11.9. The lowest BCUT2D eigenvalue weighted by Gasteiger charge is -2.19. The van der Waals surface area contributed by atoms with Crippen LogP contribution in [-0.4, -0.2) is 18.4 Å². The SMILES string of the molecule is Cc1cc(C)cc(N2CC(C(=O)NC(C)c3ccccc3)CC2=O)c1. The van der Waals surface area contributed by atoms with Crippen molar-refractivity contribution < 1.29 is 9.59 Å². The van der Waals surface area contributed by atoms with E-state index >= 15 is 0 Å². The van der Waals surface area contributed by atoms with E-state index < -0.39 is 0 Å². The summed E-state index contributed by atoms with van der Waals surface area (Å²) < 4.78 is 0. The Kier molecular flexibility index (Phi) is 4.88.